The fourth-order valence-electron chi connectivity index (χ4n) is 2.64. The van der Waals surface area contributed by atoms with Crippen molar-refractivity contribution in [2.45, 2.75) is 39.5 Å². The van der Waals surface area contributed by atoms with Crippen LogP contribution >= 0.6 is 0 Å². The van der Waals surface area contributed by atoms with Gasteiger partial charge < -0.3 is 0 Å². The van der Waals surface area contributed by atoms with Crippen LogP contribution < -0.4 is 14.6 Å². The van der Waals surface area contributed by atoms with Crippen LogP contribution in [0.15, 0.2) is 30.9 Å². The third-order valence-corrected chi connectivity index (χ3v) is 6.52. The summed E-state index contributed by atoms with van der Waals surface area (Å²) in [5.41, 5.74) is 0.335. The molecular weight excluding hydrogens is 443 g/mol. The second-order valence-corrected chi connectivity index (χ2v) is 9.93. The number of carbonyl (C=O) groups is 2. The van der Waals surface area contributed by atoms with Crippen molar-refractivity contribution < 1.29 is 31.3 Å². The molecule has 0 fully saturated rings. The van der Waals surface area contributed by atoms with Crippen LogP contribution in [0.4, 0.5) is 11.4 Å². The number of nitrogens with zero attached hydrogens (tertiary/aromatic N) is 1. The summed E-state index contributed by atoms with van der Waals surface area (Å²) in [5, 5.41) is 11.4. The second-order valence-electron chi connectivity index (χ2n) is 6.39. The quantitative estimate of drug-likeness (QED) is 0.132. The molecule has 162 valence electrons. The van der Waals surface area contributed by atoms with Crippen LogP contribution in [0.5, 0.6) is 0 Å². The van der Waals surface area contributed by atoms with Gasteiger partial charge in [0.25, 0.3) is 0 Å². The SMILES string of the molecule is C=CCN(C(=O)COCCCCCC)c1cc(NC(C)=O)ccc1[As](=O)(O)OO. The number of amides is 2. The Balaban J connectivity index is 3.12. The van der Waals surface area contributed by atoms with Gasteiger partial charge in [0, 0.05) is 0 Å². The predicted molar refractivity (Wildman–Crippen MR) is 110 cm³/mol. The zero-order chi connectivity index (χ0) is 21.9. The fourth-order valence-corrected chi connectivity index (χ4v) is 4.37. The summed E-state index contributed by atoms with van der Waals surface area (Å²) in [4.78, 5) is 25.3. The standard InChI is InChI=1S/C19H29AsN2O7/c1-4-6-7-8-12-28-14-19(24)22(11-5-2)18-13-16(21-15(3)23)9-10-17(18)20(25,26)29-27/h5,9-10,13,27H,2,4,6-8,11-12,14H2,1,3H3,(H,21,23)(H,25,26). The van der Waals surface area contributed by atoms with E-state index in [0.29, 0.717) is 12.3 Å². The van der Waals surface area contributed by atoms with E-state index in [-0.39, 0.29) is 29.1 Å². The van der Waals surface area contributed by atoms with Gasteiger partial charge in [-0.1, -0.05) is 0 Å². The number of hydrogen-bond donors (Lipinski definition) is 3. The van der Waals surface area contributed by atoms with Crippen molar-refractivity contribution in [3.8, 4) is 0 Å². The molecule has 10 heteroatoms. The Morgan fingerprint density at radius 2 is 2.03 bits per heavy atom. The molecule has 9 nitrogen and oxygen atoms in total. The van der Waals surface area contributed by atoms with Crippen LogP contribution in [0.1, 0.15) is 39.5 Å². The van der Waals surface area contributed by atoms with Crippen molar-refractivity contribution in [2.24, 2.45) is 0 Å². The number of carbonyl (C=O) groups excluding carboxylic acids is 2. The molecule has 3 N–H and O–H groups in total. The van der Waals surface area contributed by atoms with Gasteiger partial charge in [-0.2, -0.15) is 0 Å². The number of unbranched alkanes of at least 4 members (excludes halogenated alkanes) is 3. The van der Waals surface area contributed by atoms with Crippen LogP contribution in [-0.4, -0.2) is 55.1 Å². The summed E-state index contributed by atoms with van der Waals surface area (Å²) >= 11 is -5.31. The second kappa shape index (κ2) is 12.6. The van der Waals surface area contributed by atoms with E-state index in [4.69, 9.17) is 9.99 Å². The summed E-state index contributed by atoms with van der Waals surface area (Å²) in [6.45, 7) is 7.24. The van der Waals surface area contributed by atoms with Crippen LogP contribution in [0.3, 0.4) is 0 Å². The Morgan fingerprint density at radius 3 is 2.62 bits per heavy atom. The monoisotopic (exact) mass is 472 g/mol. The molecule has 0 aliphatic carbocycles. The molecule has 1 unspecified atom stereocenters. The van der Waals surface area contributed by atoms with Crippen molar-refractivity contribution in [1.82, 2.24) is 0 Å². The first-order chi connectivity index (χ1) is 13.8. The van der Waals surface area contributed by atoms with Crippen molar-refractivity contribution in [1.29, 1.82) is 0 Å². The van der Waals surface area contributed by atoms with E-state index >= 15 is 0 Å². The van der Waals surface area contributed by atoms with Crippen molar-refractivity contribution in [3.63, 3.8) is 0 Å². The van der Waals surface area contributed by atoms with Gasteiger partial charge in [-0.3, -0.25) is 0 Å². The number of ether oxygens (including phenoxy) is 1. The number of hydrogen-bond acceptors (Lipinski definition) is 6. The van der Waals surface area contributed by atoms with Crippen LogP contribution in [0.2, 0.25) is 0 Å². The van der Waals surface area contributed by atoms with Crippen LogP contribution in [0.25, 0.3) is 0 Å². The molecular formula is C19H29AsN2O7. The normalized spacial score (nSPS) is 12.8. The predicted octanol–water partition coefficient (Wildman–Crippen LogP) is 1.82. The summed E-state index contributed by atoms with van der Waals surface area (Å²) in [5.74, 6) is -0.813. The van der Waals surface area contributed by atoms with Crippen molar-refractivity contribution in [2.75, 3.05) is 30.0 Å². The van der Waals surface area contributed by atoms with E-state index in [1.807, 2.05) is 0 Å². The summed E-state index contributed by atoms with van der Waals surface area (Å²) in [6, 6.07) is 3.97. The van der Waals surface area contributed by atoms with Crippen LogP contribution in [-0.2, 0) is 21.9 Å². The maximum atomic E-state index is 12.7. The van der Waals surface area contributed by atoms with E-state index in [1.165, 1.54) is 36.1 Å². The van der Waals surface area contributed by atoms with Crippen molar-refractivity contribution >= 4 is 41.7 Å². The summed E-state index contributed by atoms with van der Waals surface area (Å²) in [7, 11) is 0. The molecule has 0 radical (unpaired) electrons. The zero-order valence-corrected chi connectivity index (χ0v) is 18.7. The third-order valence-electron chi connectivity index (χ3n) is 3.98. The Bertz CT molecular complexity index is 754. The van der Waals surface area contributed by atoms with E-state index < -0.39 is 20.1 Å². The minimum absolute atomic E-state index is 0.0229. The summed E-state index contributed by atoms with van der Waals surface area (Å²) < 4.78 is 31.3. The Labute approximate surface area is 173 Å². The topological polar surface area (TPSA) is 125 Å². The first-order valence-corrected chi connectivity index (χ1v) is 12.6. The van der Waals surface area contributed by atoms with Gasteiger partial charge in [0.05, 0.1) is 0 Å². The van der Waals surface area contributed by atoms with Gasteiger partial charge >= 0.3 is 173 Å². The number of rotatable bonds is 13. The Morgan fingerprint density at radius 1 is 1.31 bits per heavy atom. The molecule has 0 bridgehead atoms. The molecule has 0 saturated heterocycles. The average Bonchev–Trinajstić information content (AvgIpc) is 2.68. The number of anilines is 2. The molecule has 0 aliphatic rings. The van der Waals surface area contributed by atoms with E-state index in [0.717, 1.165) is 25.7 Å². The van der Waals surface area contributed by atoms with E-state index in [2.05, 4.69) is 22.7 Å². The first-order valence-electron chi connectivity index (χ1n) is 9.34. The van der Waals surface area contributed by atoms with Crippen molar-refractivity contribution in [3.05, 3.63) is 30.9 Å². The van der Waals surface area contributed by atoms with Gasteiger partial charge in [0.2, 0.25) is 0 Å². The average molecular weight is 472 g/mol. The fraction of sp³-hybridized carbons (Fsp3) is 0.474. The van der Waals surface area contributed by atoms with Gasteiger partial charge in [-0.25, -0.2) is 0 Å². The van der Waals surface area contributed by atoms with Gasteiger partial charge in [-0.05, 0) is 0 Å². The molecule has 0 heterocycles. The molecule has 1 rings (SSSR count). The molecule has 1 aromatic carbocycles. The Kier molecular flexibility index (Phi) is 10.9. The van der Waals surface area contributed by atoms with E-state index in [9.17, 15) is 17.4 Å². The number of nitrogens with one attached hydrogen (secondary N) is 1. The Hall–Kier alpha value is -1.90. The van der Waals surface area contributed by atoms with Gasteiger partial charge in [0.15, 0.2) is 0 Å². The maximum absolute atomic E-state index is 12.7. The van der Waals surface area contributed by atoms with Crippen LogP contribution in [0, 0.1) is 0 Å². The molecule has 0 aromatic heterocycles. The molecule has 0 spiro atoms. The summed E-state index contributed by atoms with van der Waals surface area (Å²) in [6.07, 6.45) is 5.47. The molecule has 1 aromatic rings. The zero-order valence-electron chi connectivity index (χ0n) is 16.8. The first kappa shape index (κ1) is 25.1. The number of benzene rings is 1. The third kappa shape index (κ3) is 8.16. The molecule has 29 heavy (non-hydrogen) atoms. The van der Waals surface area contributed by atoms with E-state index in [1.54, 1.807) is 0 Å². The molecule has 2 amide bonds. The molecule has 0 saturated carbocycles. The molecule has 0 aliphatic heterocycles. The van der Waals surface area contributed by atoms with Gasteiger partial charge in [0.1, 0.15) is 0 Å². The van der Waals surface area contributed by atoms with Gasteiger partial charge in [-0.15, -0.1) is 0 Å². The minimum atomic E-state index is -5.31. The molecule has 1 atom stereocenters.